The molecular formula is C17H20FN3. The summed E-state index contributed by atoms with van der Waals surface area (Å²) >= 11 is 0. The highest BCUT2D eigenvalue weighted by Gasteiger charge is 2.33. The van der Waals surface area contributed by atoms with Gasteiger partial charge < -0.3 is 11.5 Å². The lowest BCUT2D eigenvalue weighted by Gasteiger charge is -2.31. The highest BCUT2D eigenvalue weighted by molar-refractivity contribution is 5.48. The van der Waals surface area contributed by atoms with Gasteiger partial charge in [0.1, 0.15) is 5.82 Å². The second-order valence-corrected chi connectivity index (χ2v) is 5.93. The minimum Gasteiger partial charge on any atom is -0.396 e. The molecule has 2 aromatic rings. The molecule has 1 fully saturated rings. The van der Waals surface area contributed by atoms with E-state index in [1.54, 1.807) is 24.5 Å². The van der Waals surface area contributed by atoms with Crippen molar-refractivity contribution in [2.24, 2.45) is 11.7 Å². The average Bonchev–Trinajstić information content (AvgIpc) is 3.33. The fraction of sp³-hybridized carbons (Fsp3) is 0.353. The smallest absolute Gasteiger partial charge is 0.146 e. The molecule has 0 bridgehead atoms. The first kappa shape index (κ1) is 14.0. The number of benzene rings is 1. The number of hydrogen-bond donors (Lipinski definition) is 2. The number of aromatic nitrogens is 1. The maximum atomic E-state index is 13.4. The van der Waals surface area contributed by atoms with Crippen molar-refractivity contribution < 1.29 is 4.39 Å². The predicted octanol–water partition coefficient (Wildman–Crippen LogP) is 3.20. The summed E-state index contributed by atoms with van der Waals surface area (Å²) in [6.07, 6.45) is 7.96. The van der Waals surface area contributed by atoms with Crippen molar-refractivity contribution in [1.29, 1.82) is 0 Å². The van der Waals surface area contributed by atoms with Gasteiger partial charge in [-0.15, -0.1) is 0 Å². The van der Waals surface area contributed by atoms with Gasteiger partial charge in [-0.05, 0) is 54.2 Å². The third-order valence-electron chi connectivity index (χ3n) is 4.35. The zero-order valence-corrected chi connectivity index (χ0v) is 11.9. The molecular weight excluding hydrogens is 265 g/mol. The summed E-state index contributed by atoms with van der Waals surface area (Å²) in [4.78, 5) is 4.05. The molecule has 21 heavy (non-hydrogen) atoms. The van der Waals surface area contributed by atoms with Crippen LogP contribution in [0.4, 0.5) is 10.1 Å². The highest BCUT2D eigenvalue weighted by Crippen LogP contribution is 2.40. The van der Waals surface area contributed by atoms with Crippen molar-refractivity contribution in [1.82, 2.24) is 4.98 Å². The first-order valence-electron chi connectivity index (χ1n) is 7.34. The van der Waals surface area contributed by atoms with Crippen molar-refractivity contribution in [2.75, 3.05) is 5.73 Å². The van der Waals surface area contributed by atoms with E-state index in [9.17, 15) is 4.39 Å². The summed E-state index contributed by atoms with van der Waals surface area (Å²) in [6, 6.07) is 8.63. The van der Waals surface area contributed by atoms with Crippen LogP contribution in [-0.2, 0) is 5.54 Å². The van der Waals surface area contributed by atoms with Gasteiger partial charge in [0.25, 0.3) is 0 Å². The maximum absolute atomic E-state index is 13.4. The van der Waals surface area contributed by atoms with Gasteiger partial charge in [-0.1, -0.05) is 18.9 Å². The van der Waals surface area contributed by atoms with Crippen LogP contribution in [0.15, 0.2) is 42.7 Å². The van der Waals surface area contributed by atoms with Crippen LogP contribution in [0.3, 0.4) is 0 Å². The highest BCUT2D eigenvalue weighted by atomic mass is 19.1. The maximum Gasteiger partial charge on any atom is 0.146 e. The van der Waals surface area contributed by atoms with Crippen LogP contribution in [0, 0.1) is 11.7 Å². The van der Waals surface area contributed by atoms with Gasteiger partial charge in [-0.2, -0.15) is 0 Å². The lowest BCUT2D eigenvalue weighted by molar-refractivity contribution is 0.454. The minimum absolute atomic E-state index is 0.141. The van der Waals surface area contributed by atoms with Crippen molar-refractivity contribution in [3.05, 3.63) is 59.7 Å². The van der Waals surface area contributed by atoms with Crippen molar-refractivity contribution >= 4 is 5.69 Å². The van der Waals surface area contributed by atoms with E-state index in [-0.39, 0.29) is 5.69 Å². The van der Waals surface area contributed by atoms with Gasteiger partial charge in [0, 0.05) is 12.4 Å². The first-order chi connectivity index (χ1) is 10.1. The van der Waals surface area contributed by atoms with E-state index >= 15 is 0 Å². The van der Waals surface area contributed by atoms with E-state index in [1.807, 2.05) is 12.1 Å². The van der Waals surface area contributed by atoms with Crippen LogP contribution in [0.2, 0.25) is 0 Å². The predicted molar refractivity (Wildman–Crippen MR) is 82.0 cm³/mol. The lowest BCUT2D eigenvalue weighted by Crippen LogP contribution is -2.38. The van der Waals surface area contributed by atoms with Crippen LogP contribution in [0.1, 0.15) is 36.8 Å². The molecule has 4 heteroatoms. The van der Waals surface area contributed by atoms with Gasteiger partial charge in [0.2, 0.25) is 0 Å². The SMILES string of the molecule is Nc1cc(C(N)(CCC2CC2)c2ccncc2)ccc1F. The largest absolute Gasteiger partial charge is 0.396 e. The third-order valence-corrected chi connectivity index (χ3v) is 4.35. The van der Waals surface area contributed by atoms with E-state index in [0.717, 1.165) is 29.9 Å². The Bertz CT molecular complexity index is 625. The molecule has 1 aliphatic carbocycles. The molecule has 1 aromatic heterocycles. The Morgan fingerprint density at radius 1 is 1.14 bits per heavy atom. The van der Waals surface area contributed by atoms with Crippen LogP contribution < -0.4 is 11.5 Å². The number of halogens is 1. The van der Waals surface area contributed by atoms with Gasteiger partial charge in [-0.3, -0.25) is 4.98 Å². The zero-order chi connectivity index (χ0) is 14.9. The van der Waals surface area contributed by atoms with Crippen molar-refractivity contribution in [3.63, 3.8) is 0 Å². The summed E-state index contributed by atoms with van der Waals surface area (Å²) in [5, 5.41) is 0. The van der Waals surface area contributed by atoms with Gasteiger partial charge >= 0.3 is 0 Å². The standard InChI is InChI=1S/C17H20FN3/c18-15-4-3-14(11-16(15)19)17(20,8-5-12-1-2-12)13-6-9-21-10-7-13/h3-4,6-7,9-12H,1-2,5,8,19-20H2. The quantitative estimate of drug-likeness (QED) is 0.829. The molecule has 0 radical (unpaired) electrons. The molecule has 1 saturated carbocycles. The Balaban J connectivity index is 1.99. The molecule has 3 nitrogen and oxygen atoms in total. The summed E-state index contributed by atoms with van der Waals surface area (Å²) in [5.74, 6) is 0.380. The molecule has 4 N–H and O–H groups in total. The number of pyridine rings is 1. The summed E-state index contributed by atoms with van der Waals surface area (Å²) in [5.41, 5.74) is 13.8. The first-order valence-corrected chi connectivity index (χ1v) is 7.34. The van der Waals surface area contributed by atoms with Crippen LogP contribution in [0.25, 0.3) is 0 Å². The van der Waals surface area contributed by atoms with Crippen LogP contribution in [-0.4, -0.2) is 4.98 Å². The second-order valence-electron chi connectivity index (χ2n) is 5.93. The molecule has 0 aliphatic heterocycles. The molecule has 0 amide bonds. The Morgan fingerprint density at radius 2 is 1.86 bits per heavy atom. The second kappa shape index (κ2) is 5.45. The third kappa shape index (κ3) is 2.90. The van der Waals surface area contributed by atoms with E-state index in [1.165, 1.54) is 18.9 Å². The molecule has 1 unspecified atom stereocenters. The fourth-order valence-electron chi connectivity index (χ4n) is 2.76. The Kier molecular flexibility index (Phi) is 3.64. The Labute approximate surface area is 124 Å². The average molecular weight is 285 g/mol. The molecule has 3 rings (SSSR count). The Hall–Kier alpha value is -1.94. The number of anilines is 1. The zero-order valence-electron chi connectivity index (χ0n) is 11.9. The van der Waals surface area contributed by atoms with Crippen molar-refractivity contribution in [2.45, 2.75) is 31.2 Å². The van der Waals surface area contributed by atoms with E-state index < -0.39 is 11.4 Å². The molecule has 0 spiro atoms. The van der Waals surface area contributed by atoms with Crippen molar-refractivity contribution in [3.8, 4) is 0 Å². The molecule has 0 saturated heterocycles. The molecule has 1 aliphatic rings. The fourth-order valence-corrected chi connectivity index (χ4v) is 2.76. The summed E-state index contributed by atoms with van der Waals surface area (Å²) in [7, 11) is 0. The van der Waals surface area contributed by atoms with E-state index in [4.69, 9.17) is 11.5 Å². The van der Waals surface area contributed by atoms with Crippen LogP contribution in [0.5, 0.6) is 0 Å². The monoisotopic (exact) mass is 285 g/mol. The molecule has 1 heterocycles. The number of rotatable bonds is 5. The number of nitrogen functional groups attached to an aromatic ring is 1. The number of nitrogens with two attached hydrogens (primary N) is 2. The Morgan fingerprint density at radius 3 is 2.48 bits per heavy atom. The van der Waals surface area contributed by atoms with E-state index in [2.05, 4.69) is 4.98 Å². The van der Waals surface area contributed by atoms with Gasteiger partial charge in [0.15, 0.2) is 0 Å². The normalized spacial score (nSPS) is 17.4. The lowest BCUT2D eigenvalue weighted by atomic mass is 9.80. The summed E-state index contributed by atoms with van der Waals surface area (Å²) < 4.78 is 13.4. The molecule has 1 atom stereocenters. The summed E-state index contributed by atoms with van der Waals surface area (Å²) in [6.45, 7) is 0. The van der Waals surface area contributed by atoms with Crippen LogP contribution >= 0.6 is 0 Å². The number of hydrogen-bond acceptors (Lipinski definition) is 3. The topological polar surface area (TPSA) is 64.9 Å². The number of nitrogens with zero attached hydrogens (tertiary/aromatic N) is 1. The van der Waals surface area contributed by atoms with E-state index in [0.29, 0.717) is 0 Å². The van der Waals surface area contributed by atoms with Gasteiger partial charge in [-0.25, -0.2) is 4.39 Å². The van der Waals surface area contributed by atoms with Gasteiger partial charge in [0.05, 0.1) is 11.2 Å². The molecule has 1 aromatic carbocycles. The minimum atomic E-state index is -0.645. The molecule has 110 valence electrons.